The third-order valence-corrected chi connectivity index (χ3v) is 6.48. The van der Waals surface area contributed by atoms with Crippen molar-refractivity contribution in [2.75, 3.05) is 0 Å². The molecule has 1 aliphatic heterocycles. The zero-order chi connectivity index (χ0) is 23.8. The molecule has 6 rings (SSSR count). The molecule has 0 spiro atoms. The summed E-state index contributed by atoms with van der Waals surface area (Å²) >= 11 is 0. The van der Waals surface area contributed by atoms with Gasteiger partial charge in [-0.25, -0.2) is 4.98 Å². The minimum atomic E-state index is -0.211. The number of fused-ring (bicyclic) bond motifs is 1. The summed E-state index contributed by atoms with van der Waals surface area (Å²) in [5, 5.41) is 5.24. The van der Waals surface area contributed by atoms with Crippen LogP contribution in [0.2, 0.25) is 0 Å². The van der Waals surface area contributed by atoms with Gasteiger partial charge < -0.3 is 0 Å². The number of nitrogens with one attached hydrogen (secondary N) is 1. The lowest BCUT2D eigenvalue weighted by atomic mass is 9.99. The lowest BCUT2D eigenvalue weighted by Gasteiger charge is -2.18. The van der Waals surface area contributed by atoms with Crippen LogP contribution in [0.3, 0.4) is 0 Å². The molecule has 0 saturated heterocycles. The summed E-state index contributed by atoms with van der Waals surface area (Å²) in [5.74, 6) is 0.664. The average Bonchev–Trinajstić information content (AvgIpc) is 3.40. The number of hydrogen-bond donors (Lipinski definition) is 1. The Balaban J connectivity index is 1.36. The summed E-state index contributed by atoms with van der Waals surface area (Å²) in [6.45, 7) is 2.04. The highest BCUT2D eigenvalue weighted by Gasteiger charge is 2.27. The second-order valence-corrected chi connectivity index (χ2v) is 8.85. The predicted molar refractivity (Wildman–Crippen MR) is 141 cm³/mol. The zero-order valence-electron chi connectivity index (χ0n) is 19.3. The van der Waals surface area contributed by atoms with E-state index >= 15 is 0 Å². The van der Waals surface area contributed by atoms with E-state index in [0.29, 0.717) is 23.1 Å². The van der Waals surface area contributed by atoms with E-state index in [4.69, 9.17) is 4.98 Å². The number of hydrogen-bond acceptors (Lipinski definition) is 4. The number of aromatic nitrogens is 2. The Kier molecular flexibility index (Phi) is 5.23. The Labute approximate surface area is 203 Å². The molecule has 4 aromatic carbocycles. The van der Waals surface area contributed by atoms with Crippen LogP contribution < -0.4 is 11.0 Å². The van der Waals surface area contributed by atoms with Crippen molar-refractivity contribution in [1.29, 1.82) is 0 Å². The van der Waals surface area contributed by atoms with Crippen molar-refractivity contribution in [2.24, 2.45) is 5.10 Å². The van der Waals surface area contributed by atoms with Crippen molar-refractivity contribution in [2.45, 2.75) is 19.4 Å². The predicted octanol–water partition coefficient (Wildman–Crippen LogP) is 5.80. The van der Waals surface area contributed by atoms with Gasteiger partial charge in [0.05, 0.1) is 22.3 Å². The molecule has 0 aliphatic carbocycles. The van der Waals surface area contributed by atoms with E-state index in [0.717, 1.165) is 22.5 Å². The van der Waals surface area contributed by atoms with Crippen molar-refractivity contribution >= 4 is 16.6 Å². The van der Waals surface area contributed by atoms with E-state index in [2.05, 4.69) is 46.9 Å². The summed E-state index contributed by atoms with van der Waals surface area (Å²) in [5.41, 5.74) is 10.2. The molecule has 1 N–H and O–H groups in total. The van der Waals surface area contributed by atoms with Crippen LogP contribution in [0.1, 0.15) is 29.4 Å². The van der Waals surface area contributed by atoms with Crippen molar-refractivity contribution in [3.8, 4) is 16.8 Å². The molecule has 1 atom stereocenters. The highest BCUT2D eigenvalue weighted by Crippen LogP contribution is 2.27. The second kappa shape index (κ2) is 8.69. The van der Waals surface area contributed by atoms with Gasteiger partial charge in [0.15, 0.2) is 0 Å². The molecule has 1 unspecified atom stereocenters. The fraction of sp³-hybridized carbons (Fsp3) is 0.100. The maximum absolute atomic E-state index is 13.6. The summed E-state index contributed by atoms with van der Waals surface area (Å²) in [6, 6.07) is 34.0. The minimum Gasteiger partial charge on any atom is -0.299 e. The van der Waals surface area contributed by atoms with Gasteiger partial charge in [-0.2, -0.15) is 5.10 Å². The fourth-order valence-electron chi connectivity index (χ4n) is 4.58. The van der Waals surface area contributed by atoms with Gasteiger partial charge in [0.25, 0.3) is 5.56 Å². The largest absolute Gasteiger partial charge is 0.299 e. The van der Waals surface area contributed by atoms with Crippen LogP contribution in [0, 0.1) is 6.92 Å². The van der Waals surface area contributed by atoms with Crippen LogP contribution in [0.15, 0.2) is 113 Å². The molecule has 170 valence electrons. The first-order valence-corrected chi connectivity index (χ1v) is 11.7. The van der Waals surface area contributed by atoms with Crippen molar-refractivity contribution in [3.05, 3.63) is 130 Å². The third kappa shape index (κ3) is 3.91. The molecule has 0 amide bonds. The number of aryl methyl sites for hydroxylation is 1. The number of nitrogens with zero attached hydrogens (tertiary/aromatic N) is 3. The Bertz CT molecular complexity index is 1600. The quantitative estimate of drug-likeness (QED) is 0.372. The topological polar surface area (TPSA) is 59.3 Å². The standard InChI is InChI=1S/C30H24N4O/c1-20-11-17-24(18-12-20)34-29(31-26-10-6-5-9-25(26)30(34)35)28-19-27(32-33-28)23-15-13-22(14-16-23)21-7-3-2-4-8-21/h2-18,28,33H,19H2,1H3. The van der Waals surface area contributed by atoms with Gasteiger partial charge in [-0.3, -0.25) is 14.8 Å². The van der Waals surface area contributed by atoms with Gasteiger partial charge in [0.2, 0.25) is 0 Å². The van der Waals surface area contributed by atoms with Gasteiger partial charge in [0.1, 0.15) is 11.9 Å². The van der Waals surface area contributed by atoms with E-state index in [1.54, 1.807) is 4.57 Å². The highest BCUT2D eigenvalue weighted by atomic mass is 16.1. The summed E-state index contributed by atoms with van der Waals surface area (Å²) in [4.78, 5) is 18.5. The molecule has 5 nitrogen and oxygen atoms in total. The van der Waals surface area contributed by atoms with E-state index in [1.807, 2.05) is 73.7 Å². The molecule has 0 bridgehead atoms. The van der Waals surface area contributed by atoms with Crippen molar-refractivity contribution in [1.82, 2.24) is 15.0 Å². The van der Waals surface area contributed by atoms with E-state index in [9.17, 15) is 4.79 Å². The van der Waals surface area contributed by atoms with Gasteiger partial charge in [-0.05, 0) is 47.9 Å². The zero-order valence-corrected chi connectivity index (χ0v) is 19.3. The van der Waals surface area contributed by atoms with Gasteiger partial charge in [-0.1, -0.05) is 84.4 Å². The molecule has 5 heteroatoms. The van der Waals surface area contributed by atoms with Crippen LogP contribution in [0.25, 0.3) is 27.7 Å². The van der Waals surface area contributed by atoms with Gasteiger partial charge in [0, 0.05) is 6.42 Å². The van der Waals surface area contributed by atoms with Crippen LogP contribution in [-0.2, 0) is 0 Å². The first-order chi connectivity index (χ1) is 17.2. The molecule has 1 aromatic heterocycles. The lowest BCUT2D eigenvalue weighted by Crippen LogP contribution is -2.28. The Morgan fingerprint density at radius 1 is 0.771 bits per heavy atom. The molecule has 0 saturated carbocycles. The number of hydrazone groups is 1. The lowest BCUT2D eigenvalue weighted by molar-refractivity contribution is 0.565. The van der Waals surface area contributed by atoms with E-state index in [-0.39, 0.29) is 11.6 Å². The van der Waals surface area contributed by atoms with E-state index in [1.165, 1.54) is 11.1 Å². The van der Waals surface area contributed by atoms with Crippen molar-refractivity contribution < 1.29 is 0 Å². The first-order valence-electron chi connectivity index (χ1n) is 11.7. The fourth-order valence-corrected chi connectivity index (χ4v) is 4.58. The highest BCUT2D eigenvalue weighted by molar-refractivity contribution is 6.02. The monoisotopic (exact) mass is 456 g/mol. The molecule has 0 radical (unpaired) electrons. The number of benzene rings is 4. The van der Waals surface area contributed by atoms with Gasteiger partial charge >= 0.3 is 0 Å². The van der Waals surface area contributed by atoms with Crippen LogP contribution in [0.5, 0.6) is 0 Å². The SMILES string of the molecule is Cc1ccc(-n2c(C3CC(c4ccc(-c5ccccc5)cc4)=NN3)nc3ccccc3c2=O)cc1. The smallest absolute Gasteiger partial charge is 0.266 e. The normalized spacial score (nSPS) is 15.1. The number of para-hydroxylation sites is 1. The van der Waals surface area contributed by atoms with Crippen LogP contribution >= 0.6 is 0 Å². The molecule has 5 aromatic rings. The number of rotatable bonds is 4. The third-order valence-electron chi connectivity index (χ3n) is 6.48. The van der Waals surface area contributed by atoms with Crippen molar-refractivity contribution in [3.63, 3.8) is 0 Å². The maximum atomic E-state index is 13.6. The average molecular weight is 457 g/mol. The molecular formula is C30H24N4O. The summed E-state index contributed by atoms with van der Waals surface area (Å²) in [6.07, 6.45) is 0.640. The Morgan fingerprint density at radius 3 is 2.20 bits per heavy atom. The molecule has 2 heterocycles. The first kappa shape index (κ1) is 21.1. The molecule has 0 fully saturated rings. The summed E-state index contributed by atoms with van der Waals surface area (Å²) in [7, 11) is 0. The van der Waals surface area contributed by atoms with Gasteiger partial charge in [-0.15, -0.1) is 0 Å². The maximum Gasteiger partial charge on any atom is 0.266 e. The molecule has 35 heavy (non-hydrogen) atoms. The molecule has 1 aliphatic rings. The minimum absolute atomic E-state index is 0.0723. The second-order valence-electron chi connectivity index (χ2n) is 8.85. The summed E-state index contributed by atoms with van der Waals surface area (Å²) < 4.78 is 1.72. The van der Waals surface area contributed by atoms with E-state index < -0.39 is 0 Å². The van der Waals surface area contributed by atoms with Crippen LogP contribution in [-0.4, -0.2) is 15.3 Å². The molecular weight excluding hydrogens is 432 g/mol. The van der Waals surface area contributed by atoms with Crippen LogP contribution in [0.4, 0.5) is 0 Å². The Morgan fingerprint density at radius 2 is 1.43 bits per heavy atom. The Hall–Kier alpha value is -4.51.